The number of carbonyl (C=O) groups excluding carboxylic acids is 1. The Labute approximate surface area is 84.6 Å². The van der Waals surface area contributed by atoms with Crippen molar-refractivity contribution >= 4 is 6.03 Å². The maximum absolute atomic E-state index is 10.3. The molecule has 0 aromatic carbocycles. The third-order valence-electron chi connectivity index (χ3n) is 2.30. The lowest BCUT2D eigenvalue weighted by Gasteiger charge is -2.26. The second-order valence-electron chi connectivity index (χ2n) is 3.45. The summed E-state index contributed by atoms with van der Waals surface area (Å²) in [7, 11) is 0. The summed E-state index contributed by atoms with van der Waals surface area (Å²) in [4.78, 5) is 12.7. The van der Waals surface area contributed by atoms with E-state index < -0.39 is 6.03 Å². The third kappa shape index (κ3) is 5.04. The molecule has 5 heteroatoms. The molecular formula is C9H19N3O2. The zero-order chi connectivity index (χ0) is 10.2. The fourth-order valence-corrected chi connectivity index (χ4v) is 1.50. The highest BCUT2D eigenvalue weighted by Gasteiger charge is 2.08. The molecule has 0 spiro atoms. The SMILES string of the molecule is NC(=O)NCCCCN1CCOCC1. The topological polar surface area (TPSA) is 67.6 Å². The van der Waals surface area contributed by atoms with Gasteiger partial charge in [-0.15, -0.1) is 0 Å². The molecule has 0 atom stereocenters. The van der Waals surface area contributed by atoms with Crippen molar-refractivity contribution in [2.45, 2.75) is 12.8 Å². The van der Waals surface area contributed by atoms with Crippen molar-refractivity contribution in [3.05, 3.63) is 0 Å². The highest BCUT2D eigenvalue weighted by Crippen LogP contribution is 1.99. The van der Waals surface area contributed by atoms with Gasteiger partial charge >= 0.3 is 6.03 Å². The first-order chi connectivity index (χ1) is 6.79. The van der Waals surface area contributed by atoms with Gasteiger partial charge in [-0.1, -0.05) is 0 Å². The normalized spacial score (nSPS) is 18.0. The van der Waals surface area contributed by atoms with Gasteiger partial charge in [-0.2, -0.15) is 0 Å². The fraction of sp³-hybridized carbons (Fsp3) is 0.889. The first-order valence-corrected chi connectivity index (χ1v) is 5.12. The van der Waals surface area contributed by atoms with Crippen molar-refractivity contribution < 1.29 is 9.53 Å². The van der Waals surface area contributed by atoms with Gasteiger partial charge in [0.1, 0.15) is 0 Å². The number of carbonyl (C=O) groups is 1. The average molecular weight is 201 g/mol. The molecule has 0 radical (unpaired) electrons. The predicted octanol–water partition coefficient (Wildman–Crippen LogP) is -0.233. The number of hydrogen-bond acceptors (Lipinski definition) is 3. The molecule has 82 valence electrons. The number of nitrogens with one attached hydrogen (secondary N) is 1. The Hall–Kier alpha value is -0.810. The molecule has 1 aliphatic heterocycles. The molecule has 0 unspecified atom stereocenters. The Kier molecular flexibility index (Phi) is 5.32. The zero-order valence-corrected chi connectivity index (χ0v) is 8.50. The summed E-state index contributed by atoms with van der Waals surface area (Å²) < 4.78 is 5.24. The van der Waals surface area contributed by atoms with Gasteiger partial charge in [-0.25, -0.2) is 4.79 Å². The van der Waals surface area contributed by atoms with Crippen LogP contribution >= 0.6 is 0 Å². The van der Waals surface area contributed by atoms with Gasteiger partial charge in [0.05, 0.1) is 13.2 Å². The van der Waals surface area contributed by atoms with E-state index in [9.17, 15) is 4.79 Å². The number of unbranched alkanes of at least 4 members (excludes halogenated alkanes) is 1. The number of amides is 2. The molecular weight excluding hydrogens is 182 g/mol. The van der Waals surface area contributed by atoms with Crippen LogP contribution in [0.3, 0.4) is 0 Å². The molecule has 5 nitrogen and oxygen atoms in total. The smallest absolute Gasteiger partial charge is 0.312 e. The molecule has 3 N–H and O–H groups in total. The summed E-state index contributed by atoms with van der Waals surface area (Å²) in [5, 5.41) is 2.58. The molecule has 0 aromatic heterocycles. The molecule has 1 rings (SSSR count). The van der Waals surface area contributed by atoms with E-state index in [2.05, 4.69) is 10.2 Å². The maximum Gasteiger partial charge on any atom is 0.312 e. The highest BCUT2D eigenvalue weighted by atomic mass is 16.5. The van der Waals surface area contributed by atoms with E-state index in [1.54, 1.807) is 0 Å². The van der Waals surface area contributed by atoms with Crippen LogP contribution in [-0.4, -0.2) is 50.3 Å². The van der Waals surface area contributed by atoms with Crippen LogP contribution in [0.1, 0.15) is 12.8 Å². The summed E-state index contributed by atoms with van der Waals surface area (Å²) in [5.41, 5.74) is 4.94. The molecule has 14 heavy (non-hydrogen) atoms. The number of nitrogens with zero attached hydrogens (tertiary/aromatic N) is 1. The average Bonchev–Trinajstić information content (AvgIpc) is 2.18. The predicted molar refractivity (Wildman–Crippen MR) is 54.1 cm³/mol. The second kappa shape index (κ2) is 6.62. The Balaban J connectivity index is 1.90. The lowest BCUT2D eigenvalue weighted by Crippen LogP contribution is -2.37. The van der Waals surface area contributed by atoms with Gasteiger partial charge in [0, 0.05) is 19.6 Å². The number of ether oxygens (including phenoxy) is 1. The van der Waals surface area contributed by atoms with Crippen LogP contribution in [0.2, 0.25) is 0 Å². The Morgan fingerprint density at radius 1 is 1.36 bits per heavy atom. The van der Waals surface area contributed by atoms with Crippen molar-refractivity contribution in [2.24, 2.45) is 5.73 Å². The van der Waals surface area contributed by atoms with Gasteiger partial charge in [-0.05, 0) is 19.4 Å². The minimum atomic E-state index is -0.434. The van der Waals surface area contributed by atoms with E-state index in [1.807, 2.05) is 0 Å². The summed E-state index contributed by atoms with van der Waals surface area (Å²) in [6, 6.07) is -0.434. The summed E-state index contributed by atoms with van der Waals surface area (Å²) >= 11 is 0. The van der Waals surface area contributed by atoms with Crippen LogP contribution in [0, 0.1) is 0 Å². The van der Waals surface area contributed by atoms with Crippen molar-refractivity contribution in [1.29, 1.82) is 0 Å². The summed E-state index contributed by atoms with van der Waals surface area (Å²) in [6.45, 7) is 5.52. The summed E-state index contributed by atoms with van der Waals surface area (Å²) in [6.07, 6.45) is 2.08. The van der Waals surface area contributed by atoms with Gasteiger partial charge in [0.15, 0.2) is 0 Å². The first-order valence-electron chi connectivity index (χ1n) is 5.12. The van der Waals surface area contributed by atoms with Gasteiger partial charge in [-0.3, -0.25) is 4.90 Å². The summed E-state index contributed by atoms with van der Waals surface area (Å²) in [5.74, 6) is 0. The van der Waals surface area contributed by atoms with Crippen molar-refractivity contribution in [3.8, 4) is 0 Å². The standard InChI is InChI=1S/C9H19N3O2/c10-9(13)11-3-1-2-4-12-5-7-14-8-6-12/h1-8H2,(H3,10,11,13). The zero-order valence-electron chi connectivity index (χ0n) is 8.50. The number of morpholine rings is 1. The molecule has 0 aromatic rings. The van der Waals surface area contributed by atoms with E-state index >= 15 is 0 Å². The van der Waals surface area contributed by atoms with E-state index in [1.165, 1.54) is 0 Å². The van der Waals surface area contributed by atoms with Crippen LogP contribution in [0.5, 0.6) is 0 Å². The number of primary amides is 1. The van der Waals surface area contributed by atoms with E-state index in [0.29, 0.717) is 6.54 Å². The maximum atomic E-state index is 10.3. The van der Waals surface area contributed by atoms with Crippen molar-refractivity contribution in [2.75, 3.05) is 39.4 Å². The van der Waals surface area contributed by atoms with Crippen LogP contribution in [0.15, 0.2) is 0 Å². The fourth-order valence-electron chi connectivity index (χ4n) is 1.50. The quantitative estimate of drug-likeness (QED) is 0.604. The Bertz CT molecular complexity index is 169. The largest absolute Gasteiger partial charge is 0.379 e. The molecule has 1 heterocycles. The second-order valence-corrected chi connectivity index (χ2v) is 3.45. The lowest BCUT2D eigenvalue weighted by molar-refractivity contribution is 0.0372. The van der Waals surface area contributed by atoms with Crippen LogP contribution in [-0.2, 0) is 4.74 Å². The Morgan fingerprint density at radius 3 is 2.71 bits per heavy atom. The number of nitrogens with two attached hydrogens (primary N) is 1. The molecule has 0 aliphatic carbocycles. The number of rotatable bonds is 5. The van der Waals surface area contributed by atoms with Gasteiger partial charge in [0.2, 0.25) is 0 Å². The molecule has 1 saturated heterocycles. The van der Waals surface area contributed by atoms with E-state index in [0.717, 1.165) is 45.7 Å². The van der Waals surface area contributed by atoms with E-state index in [4.69, 9.17) is 10.5 Å². The molecule has 1 fully saturated rings. The van der Waals surface area contributed by atoms with Crippen molar-refractivity contribution in [1.82, 2.24) is 10.2 Å². The Morgan fingerprint density at radius 2 is 2.07 bits per heavy atom. The first kappa shape index (κ1) is 11.3. The minimum Gasteiger partial charge on any atom is -0.379 e. The minimum absolute atomic E-state index is 0.434. The van der Waals surface area contributed by atoms with Gasteiger partial charge in [0.25, 0.3) is 0 Å². The third-order valence-corrected chi connectivity index (χ3v) is 2.30. The number of hydrogen-bond donors (Lipinski definition) is 2. The van der Waals surface area contributed by atoms with Crippen LogP contribution < -0.4 is 11.1 Å². The van der Waals surface area contributed by atoms with Crippen molar-refractivity contribution in [3.63, 3.8) is 0 Å². The molecule has 0 saturated carbocycles. The van der Waals surface area contributed by atoms with Gasteiger partial charge < -0.3 is 15.8 Å². The highest BCUT2D eigenvalue weighted by molar-refractivity contribution is 5.71. The molecule has 0 bridgehead atoms. The van der Waals surface area contributed by atoms with Crippen LogP contribution in [0.4, 0.5) is 4.79 Å². The van der Waals surface area contributed by atoms with Crippen LogP contribution in [0.25, 0.3) is 0 Å². The van der Waals surface area contributed by atoms with E-state index in [-0.39, 0.29) is 0 Å². The number of urea groups is 1. The monoisotopic (exact) mass is 201 g/mol. The lowest BCUT2D eigenvalue weighted by atomic mass is 10.3. The molecule has 2 amide bonds. The molecule has 1 aliphatic rings.